The number of nitro benzene ring substituents is 1. The first-order valence-corrected chi connectivity index (χ1v) is 9.51. The second kappa shape index (κ2) is 8.22. The van der Waals surface area contributed by atoms with Crippen LogP contribution in [0.2, 0.25) is 0 Å². The topological polar surface area (TPSA) is 103 Å². The summed E-state index contributed by atoms with van der Waals surface area (Å²) in [5, 5.41) is 22.6. The highest BCUT2D eigenvalue weighted by molar-refractivity contribution is 7.99. The highest BCUT2D eigenvalue weighted by Crippen LogP contribution is 2.25. The van der Waals surface area contributed by atoms with Gasteiger partial charge >= 0.3 is 0 Å². The number of amides is 1. The predicted octanol–water partition coefficient (Wildman–Crippen LogP) is 3.83. The molecule has 9 heteroatoms. The molecule has 28 heavy (non-hydrogen) atoms. The number of aryl methyl sites for hydroxylation is 3. The van der Waals surface area contributed by atoms with E-state index in [2.05, 4.69) is 15.5 Å². The second-order valence-electron chi connectivity index (χ2n) is 6.24. The Hall–Kier alpha value is -3.20. The van der Waals surface area contributed by atoms with Crippen LogP contribution >= 0.6 is 11.8 Å². The molecule has 0 atom stereocenters. The van der Waals surface area contributed by atoms with Gasteiger partial charge in [0.1, 0.15) is 5.82 Å². The highest BCUT2D eigenvalue weighted by atomic mass is 32.2. The van der Waals surface area contributed by atoms with Crippen molar-refractivity contribution in [2.24, 2.45) is 0 Å². The summed E-state index contributed by atoms with van der Waals surface area (Å²) < 4.78 is 1.91. The van der Waals surface area contributed by atoms with Crippen molar-refractivity contribution < 1.29 is 9.72 Å². The van der Waals surface area contributed by atoms with Crippen molar-refractivity contribution in [3.05, 3.63) is 69.5 Å². The summed E-state index contributed by atoms with van der Waals surface area (Å²) in [6.45, 7) is 5.64. The largest absolute Gasteiger partial charge is 0.325 e. The fourth-order valence-corrected chi connectivity index (χ4v) is 3.49. The molecule has 0 bridgehead atoms. The molecule has 1 N–H and O–H groups in total. The number of carbonyl (C=O) groups is 1. The summed E-state index contributed by atoms with van der Waals surface area (Å²) in [7, 11) is 0. The summed E-state index contributed by atoms with van der Waals surface area (Å²) >= 11 is 1.26. The third-order valence-corrected chi connectivity index (χ3v) is 5.12. The molecule has 1 amide bonds. The highest BCUT2D eigenvalue weighted by Gasteiger charge is 2.16. The maximum atomic E-state index is 12.4. The van der Waals surface area contributed by atoms with Crippen molar-refractivity contribution in [2.45, 2.75) is 25.9 Å². The van der Waals surface area contributed by atoms with Crippen LogP contribution in [-0.2, 0) is 4.79 Å². The molecule has 0 fully saturated rings. The maximum absolute atomic E-state index is 12.4. The van der Waals surface area contributed by atoms with Crippen LogP contribution in [0.15, 0.2) is 47.6 Å². The Morgan fingerprint density at radius 2 is 1.89 bits per heavy atom. The average Bonchev–Trinajstić information content (AvgIpc) is 3.02. The fourth-order valence-electron chi connectivity index (χ4n) is 2.70. The Morgan fingerprint density at radius 1 is 1.14 bits per heavy atom. The number of nitro groups is 1. The van der Waals surface area contributed by atoms with Gasteiger partial charge in [-0.15, -0.1) is 10.2 Å². The SMILES string of the molecule is Cc1ccc([N+](=O)[O-])cc1NC(=O)CSc1nnc(C)n1-c1ccccc1C. The lowest BCUT2D eigenvalue weighted by atomic mass is 10.2. The van der Waals surface area contributed by atoms with Gasteiger partial charge in [-0.25, -0.2) is 0 Å². The van der Waals surface area contributed by atoms with E-state index in [9.17, 15) is 14.9 Å². The number of carbonyl (C=O) groups excluding carboxylic acids is 1. The molecule has 0 aliphatic carbocycles. The summed E-state index contributed by atoms with van der Waals surface area (Å²) in [6.07, 6.45) is 0. The minimum absolute atomic E-state index is 0.0662. The van der Waals surface area contributed by atoms with Gasteiger partial charge in [0, 0.05) is 12.1 Å². The zero-order valence-electron chi connectivity index (χ0n) is 15.7. The van der Waals surface area contributed by atoms with Gasteiger partial charge in [-0.2, -0.15) is 0 Å². The standard InChI is InChI=1S/C19H19N5O3S/c1-12-8-9-15(24(26)27)10-16(12)20-18(25)11-28-19-22-21-14(3)23(19)17-7-5-4-6-13(17)2/h4-10H,11H2,1-3H3,(H,20,25). The number of non-ortho nitro benzene ring substituents is 1. The van der Waals surface area contributed by atoms with Crippen molar-refractivity contribution in [3.63, 3.8) is 0 Å². The van der Waals surface area contributed by atoms with Crippen LogP contribution in [0.25, 0.3) is 5.69 Å². The Bertz CT molecular complexity index is 1050. The van der Waals surface area contributed by atoms with Gasteiger partial charge < -0.3 is 5.32 Å². The van der Waals surface area contributed by atoms with Gasteiger partial charge in [-0.05, 0) is 38.0 Å². The monoisotopic (exact) mass is 397 g/mol. The molecule has 0 saturated heterocycles. The number of nitrogens with one attached hydrogen (secondary N) is 1. The molecule has 0 radical (unpaired) electrons. The number of aromatic nitrogens is 3. The van der Waals surface area contributed by atoms with Crippen molar-refractivity contribution in [1.29, 1.82) is 0 Å². The van der Waals surface area contributed by atoms with Gasteiger partial charge in [-0.3, -0.25) is 19.5 Å². The number of hydrogen-bond donors (Lipinski definition) is 1. The molecular weight excluding hydrogens is 378 g/mol. The fraction of sp³-hybridized carbons (Fsp3) is 0.211. The zero-order valence-corrected chi connectivity index (χ0v) is 16.5. The van der Waals surface area contributed by atoms with E-state index in [1.54, 1.807) is 13.0 Å². The van der Waals surface area contributed by atoms with Crippen molar-refractivity contribution in [3.8, 4) is 5.69 Å². The number of benzene rings is 2. The second-order valence-corrected chi connectivity index (χ2v) is 7.19. The number of nitrogens with zero attached hydrogens (tertiary/aromatic N) is 4. The van der Waals surface area contributed by atoms with E-state index < -0.39 is 4.92 Å². The molecule has 8 nitrogen and oxygen atoms in total. The van der Waals surface area contributed by atoms with Crippen LogP contribution in [0.1, 0.15) is 17.0 Å². The zero-order chi connectivity index (χ0) is 20.3. The Labute approximate surface area is 166 Å². The van der Waals surface area contributed by atoms with Crippen LogP contribution in [0, 0.1) is 30.9 Å². The number of thioether (sulfide) groups is 1. The minimum Gasteiger partial charge on any atom is -0.325 e. The van der Waals surface area contributed by atoms with E-state index in [0.29, 0.717) is 10.8 Å². The van der Waals surface area contributed by atoms with E-state index in [4.69, 9.17) is 0 Å². The van der Waals surface area contributed by atoms with Crippen LogP contribution < -0.4 is 5.32 Å². The van der Waals surface area contributed by atoms with Gasteiger partial charge in [-0.1, -0.05) is 36.0 Å². The lowest BCUT2D eigenvalue weighted by Gasteiger charge is -2.11. The molecule has 144 valence electrons. The molecule has 0 saturated carbocycles. The quantitative estimate of drug-likeness (QED) is 0.385. The molecule has 3 rings (SSSR count). The molecular formula is C19H19N5O3S. The smallest absolute Gasteiger partial charge is 0.271 e. The average molecular weight is 397 g/mol. The Morgan fingerprint density at radius 3 is 2.61 bits per heavy atom. The normalized spacial score (nSPS) is 10.7. The minimum atomic E-state index is -0.489. The predicted molar refractivity (Wildman–Crippen MR) is 108 cm³/mol. The summed E-state index contributed by atoms with van der Waals surface area (Å²) in [4.78, 5) is 22.8. The third-order valence-electron chi connectivity index (χ3n) is 4.19. The first-order valence-electron chi connectivity index (χ1n) is 8.52. The number of hydrogen-bond acceptors (Lipinski definition) is 6. The lowest BCUT2D eigenvalue weighted by molar-refractivity contribution is -0.384. The van der Waals surface area contributed by atoms with Crippen LogP contribution in [0.5, 0.6) is 0 Å². The Balaban J connectivity index is 1.74. The number of rotatable bonds is 6. The molecule has 1 aromatic heterocycles. The van der Waals surface area contributed by atoms with E-state index in [0.717, 1.165) is 22.6 Å². The van der Waals surface area contributed by atoms with Crippen LogP contribution in [-0.4, -0.2) is 31.3 Å². The van der Waals surface area contributed by atoms with E-state index in [-0.39, 0.29) is 17.3 Å². The van der Waals surface area contributed by atoms with E-state index >= 15 is 0 Å². The van der Waals surface area contributed by atoms with Gasteiger partial charge in [0.25, 0.3) is 5.69 Å². The molecule has 0 unspecified atom stereocenters. The first kappa shape index (κ1) is 19.6. The number of anilines is 1. The third kappa shape index (κ3) is 4.20. The molecule has 0 aliphatic rings. The van der Waals surface area contributed by atoms with Gasteiger partial charge in [0.2, 0.25) is 5.91 Å². The summed E-state index contributed by atoms with van der Waals surface area (Å²) in [5.41, 5.74) is 3.15. The molecule has 0 aliphatic heterocycles. The van der Waals surface area contributed by atoms with Gasteiger partial charge in [0.15, 0.2) is 5.16 Å². The molecule has 2 aromatic carbocycles. The number of para-hydroxylation sites is 1. The molecule has 3 aromatic rings. The first-order chi connectivity index (χ1) is 13.4. The molecule has 1 heterocycles. The summed E-state index contributed by atoms with van der Waals surface area (Å²) in [6, 6.07) is 12.3. The molecule has 0 spiro atoms. The van der Waals surface area contributed by atoms with Crippen LogP contribution in [0.4, 0.5) is 11.4 Å². The van der Waals surface area contributed by atoms with Crippen molar-refractivity contribution >= 4 is 29.0 Å². The van der Waals surface area contributed by atoms with E-state index in [1.807, 2.05) is 42.7 Å². The summed E-state index contributed by atoms with van der Waals surface area (Å²) in [5.74, 6) is 0.559. The Kier molecular flexibility index (Phi) is 5.74. The van der Waals surface area contributed by atoms with E-state index in [1.165, 1.54) is 23.9 Å². The van der Waals surface area contributed by atoms with Gasteiger partial charge in [0.05, 0.1) is 22.1 Å². The maximum Gasteiger partial charge on any atom is 0.271 e. The van der Waals surface area contributed by atoms with Crippen molar-refractivity contribution in [1.82, 2.24) is 14.8 Å². The van der Waals surface area contributed by atoms with Crippen LogP contribution in [0.3, 0.4) is 0 Å². The van der Waals surface area contributed by atoms with Crippen molar-refractivity contribution in [2.75, 3.05) is 11.1 Å². The lowest BCUT2D eigenvalue weighted by Crippen LogP contribution is -2.15.